The Balaban J connectivity index is 2.18. The van der Waals surface area contributed by atoms with Crippen LogP contribution in [0.4, 0.5) is 11.5 Å². The van der Waals surface area contributed by atoms with E-state index < -0.39 is 0 Å². The van der Waals surface area contributed by atoms with Crippen molar-refractivity contribution in [2.24, 2.45) is 5.92 Å². The molecule has 0 aliphatic carbocycles. The van der Waals surface area contributed by atoms with Gasteiger partial charge >= 0.3 is 0 Å². The van der Waals surface area contributed by atoms with Gasteiger partial charge in [-0.25, -0.2) is 4.98 Å². The average Bonchev–Trinajstić information content (AvgIpc) is 2.47. The third-order valence-corrected chi connectivity index (χ3v) is 3.44. The van der Waals surface area contributed by atoms with Crippen molar-refractivity contribution in [2.75, 3.05) is 18.5 Å². The summed E-state index contributed by atoms with van der Waals surface area (Å²) in [6.45, 7) is 8.41. The van der Waals surface area contributed by atoms with Crippen molar-refractivity contribution in [3.8, 4) is 0 Å². The first-order valence-corrected chi connectivity index (χ1v) is 7.53. The molecule has 0 spiro atoms. The molecule has 0 bridgehead atoms. The van der Waals surface area contributed by atoms with Crippen molar-refractivity contribution in [3.05, 3.63) is 53.7 Å². The Morgan fingerprint density at radius 3 is 2.71 bits per heavy atom. The average molecular weight is 283 g/mol. The second kappa shape index (κ2) is 7.23. The second-order valence-corrected chi connectivity index (χ2v) is 5.91. The molecule has 0 atom stereocenters. The zero-order valence-electron chi connectivity index (χ0n) is 13.4. The van der Waals surface area contributed by atoms with Crippen LogP contribution in [0.25, 0.3) is 0 Å². The maximum atomic E-state index is 4.57. The summed E-state index contributed by atoms with van der Waals surface area (Å²) in [5.74, 6) is 1.67. The van der Waals surface area contributed by atoms with Gasteiger partial charge in [0.2, 0.25) is 0 Å². The number of aromatic nitrogens is 1. The fourth-order valence-corrected chi connectivity index (χ4v) is 2.32. The summed E-state index contributed by atoms with van der Waals surface area (Å²) >= 11 is 0. The Kier molecular flexibility index (Phi) is 5.34. The maximum absolute atomic E-state index is 4.57. The predicted molar refractivity (Wildman–Crippen MR) is 90.0 cm³/mol. The zero-order valence-corrected chi connectivity index (χ0v) is 13.4. The van der Waals surface area contributed by atoms with Crippen molar-refractivity contribution >= 4 is 11.5 Å². The molecule has 0 aliphatic rings. The lowest BCUT2D eigenvalue weighted by Crippen LogP contribution is -2.21. The Morgan fingerprint density at radius 2 is 2.00 bits per heavy atom. The van der Waals surface area contributed by atoms with Gasteiger partial charge in [0, 0.05) is 31.0 Å². The summed E-state index contributed by atoms with van der Waals surface area (Å²) in [7, 11) is 2.07. The first-order chi connectivity index (χ1) is 10.1. The van der Waals surface area contributed by atoms with Crippen LogP contribution in [0.2, 0.25) is 0 Å². The molecule has 1 aromatic heterocycles. The molecule has 21 heavy (non-hydrogen) atoms. The van der Waals surface area contributed by atoms with Gasteiger partial charge in [0.1, 0.15) is 5.82 Å². The monoisotopic (exact) mass is 283 g/mol. The molecule has 0 saturated carbocycles. The Labute approximate surface area is 128 Å². The fraction of sp³-hybridized carbons (Fsp3) is 0.389. The molecule has 0 fully saturated rings. The summed E-state index contributed by atoms with van der Waals surface area (Å²) in [6, 6.07) is 12.6. The maximum Gasteiger partial charge on any atom is 0.137 e. The highest BCUT2D eigenvalue weighted by Crippen LogP contribution is 2.25. The molecule has 0 aliphatic heterocycles. The van der Waals surface area contributed by atoms with E-state index in [1.54, 1.807) is 0 Å². The van der Waals surface area contributed by atoms with E-state index in [4.69, 9.17) is 0 Å². The van der Waals surface area contributed by atoms with Crippen molar-refractivity contribution in [1.82, 2.24) is 10.3 Å². The number of aryl methyl sites for hydroxylation is 1. The normalized spacial score (nSPS) is 10.9. The highest BCUT2D eigenvalue weighted by Gasteiger charge is 2.10. The Hall–Kier alpha value is -1.87. The van der Waals surface area contributed by atoms with Gasteiger partial charge in [0.25, 0.3) is 0 Å². The zero-order chi connectivity index (χ0) is 15.2. The fourth-order valence-electron chi connectivity index (χ4n) is 2.32. The molecule has 0 saturated heterocycles. The van der Waals surface area contributed by atoms with Gasteiger partial charge in [-0.05, 0) is 43.1 Å². The van der Waals surface area contributed by atoms with E-state index >= 15 is 0 Å². The van der Waals surface area contributed by atoms with Gasteiger partial charge in [-0.1, -0.05) is 32.0 Å². The Morgan fingerprint density at radius 1 is 1.19 bits per heavy atom. The largest absolute Gasteiger partial charge is 0.329 e. The second-order valence-electron chi connectivity index (χ2n) is 5.91. The summed E-state index contributed by atoms with van der Waals surface area (Å²) in [5, 5.41) is 3.49. The smallest absolute Gasteiger partial charge is 0.137 e. The lowest BCUT2D eigenvalue weighted by atomic mass is 10.1. The molecule has 0 amide bonds. The minimum Gasteiger partial charge on any atom is -0.329 e. The molecule has 2 aromatic rings. The summed E-state index contributed by atoms with van der Waals surface area (Å²) in [5.41, 5.74) is 3.65. The molecular formula is C18H25N3. The highest BCUT2D eigenvalue weighted by molar-refractivity contribution is 5.62. The number of rotatable bonds is 6. The quantitative estimate of drug-likeness (QED) is 0.871. The number of anilines is 2. The van der Waals surface area contributed by atoms with Crippen LogP contribution in [0.15, 0.2) is 42.6 Å². The summed E-state index contributed by atoms with van der Waals surface area (Å²) in [4.78, 5) is 6.72. The molecule has 1 heterocycles. The van der Waals surface area contributed by atoms with Crippen molar-refractivity contribution in [3.63, 3.8) is 0 Å². The number of benzene rings is 1. The molecule has 0 unspecified atom stereocenters. The topological polar surface area (TPSA) is 28.2 Å². The number of hydrogen-bond acceptors (Lipinski definition) is 3. The molecule has 3 nitrogen and oxygen atoms in total. The van der Waals surface area contributed by atoms with E-state index in [0.717, 1.165) is 18.9 Å². The molecule has 1 aromatic carbocycles. The van der Waals surface area contributed by atoms with Gasteiger partial charge in [-0.15, -0.1) is 0 Å². The molecule has 112 valence electrons. The van der Waals surface area contributed by atoms with Crippen LogP contribution in [-0.4, -0.2) is 18.6 Å². The third kappa shape index (κ3) is 4.30. The van der Waals surface area contributed by atoms with E-state index in [0.29, 0.717) is 5.92 Å². The molecule has 3 heteroatoms. The van der Waals surface area contributed by atoms with Crippen LogP contribution in [-0.2, 0) is 6.54 Å². The van der Waals surface area contributed by atoms with Gasteiger partial charge in [-0.3, -0.25) is 0 Å². The minimum atomic E-state index is 0.652. The van der Waals surface area contributed by atoms with E-state index in [-0.39, 0.29) is 0 Å². The van der Waals surface area contributed by atoms with E-state index in [9.17, 15) is 0 Å². The number of nitrogens with zero attached hydrogens (tertiary/aromatic N) is 2. The van der Waals surface area contributed by atoms with E-state index in [1.165, 1.54) is 16.8 Å². The van der Waals surface area contributed by atoms with Crippen molar-refractivity contribution < 1.29 is 0 Å². The molecular weight excluding hydrogens is 258 g/mol. The third-order valence-electron chi connectivity index (χ3n) is 3.44. The first kappa shape index (κ1) is 15.5. The van der Waals surface area contributed by atoms with Gasteiger partial charge < -0.3 is 10.2 Å². The standard InChI is InChI=1S/C18H25N3/c1-14(2)12-19-13-16-8-6-10-20-18(16)21(4)17-9-5-7-15(3)11-17/h5-11,14,19H,12-13H2,1-4H3. The van der Waals surface area contributed by atoms with E-state index in [2.05, 4.69) is 73.4 Å². The molecule has 2 rings (SSSR count). The lowest BCUT2D eigenvalue weighted by Gasteiger charge is -2.22. The van der Waals surface area contributed by atoms with Gasteiger partial charge in [0.15, 0.2) is 0 Å². The number of pyridine rings is 1. The van der Waals surface area contributed by atoms with Gasteiger partial charge in [-0.2, -0.15) is 0 Å². The molecule has 0 radical (unpaired) electrons. The minimum absolute atomic E-state index is 0.652. The van der Waals surface area contributed by atoms with E-state index in [1.807, 2.05) is 12.3 Å². The Bertz CT molecular complexity index is 578. The summed E-state index contributed by atoms with van der Waals surface area (Å²) in [6.07, 6.45) is 1.85. The van der Waals surface area contributed by atoms with Crippen LogP contribution in [0.3, 0.4) is 0 Å². The first-order valence-electron chi connectivity index (χ1n) is 7.53. The SMILES string of the molecule is Cc1cccc(N(C)c2ncccc2CNCC(C)C)c1. The van der Waals surface area contributed by atoms with Crippen LogP contribution in [0.5, 0.6) is 0 Å². The molecule has 1 N–H and O–H groups in total. The predicted octanol–water partition coefficient (Wildman–Crippen LogP) is 3.90. The van der Waals surface area contributed by atoms with Crippen molar-refractivity contribution in [1.29, 1.82) is 0 Å². The van der Waals surface area contributed by atoms with Gasteiger partial charge in [0.05, 0.1) is 0 Å². The van der Waals surface area contributed by atoms with Crippen molar-refractivity contribution in [2.45, 2.75) is 27.3 Å². The van der Waals surface area contributed by atoms with Crippen LogP contribution in [0.1, 0.15) is 25.0 Å². The van der Waals surface area contributed by atoms with Crippen LogP contribution < -0.4 is 10.2 Å². The number of hydrogen-bond donors (Lipinski definition) is 1. The summed E-state index contributed by atoms with van der Waals surface area (Å²) < 4.78 is 0. The van der Waals surface area contributed by atoms with Crippen LogP contribution in [0, 0.1) is 12.8 Å². The number of nitrogens with one attached hydrogen (secondary N) is 1. The highest BCUT2D eigenvalue weighted by atomic mass is 15.2. The lowest BCUT2D eigenvalue weighted by molar-refractivity contribution is 0.552. The van der Waals surface area contributed by atoms with Crippen LogP contribution >= 0.6 is 0 Å².